The number of pyridine rings is 1. The zero-order valence-corrected chi connectivity index (χ0v) is 12.3. The van der Waals surface area contributed by atoms with Crippen molar-refractivity contribution in [3.63, 3.8) is 0 Å². The summed E-state index contributed by atoms with van der Waals surface area (Å²) in [6, 6.07) is 3.64. The molecule has 2 rings (SSSR count). The molecule has 7 heteroatoms. The summed E-state index contributed by atoms with van der Waals surface area (Å²) in [5, 5.41) is 2.60. The fourth-order valence-electron chi connectivity index (χ4n) is 2.18. The lowest BCUT2D eigenvalue weighted by Gasteiger charge is -2.34. The Kier molecular flexibility index (Phi) is 4.97. The van der Waals surface area contributed by atoms with Crippen LogP contribution >= 0.6 is 0 Å². The number of anilines is 2. The van der Waals surface area contributed by atoms with Crippen molar-refractivity contribution in [2.24, 2.45) is 0 Å². The second-order valence-electron chi connectivity index (χ2n) is 4.74. The molecule has 0 saturated carbocycles. The number of rotatable bonds is 3. The first-order valence-corrected chi connectivity index (χ1v) is 7.00. The lowest BCUT2D eigenvalue weighted by molar-refractivity contribution is -0.129. The molecular formula is C14H20N4O3. The summed E-state index contributed by atoms with van der Waals surface area (Å²) < 4.78 is 4.80. The van der Waals surface area contributed by atoms with Crippen LogP contribution in [0.4, 0.5) is 16.3 Å². The summed E-state index contributed by atoms with van der Waals surface area (Å²) in [7, 11) is 0. The highest BCUT2D eigenvalue weighted by atomic mass is 16.5. The average Bonchev–Trinajstić information content (AvgIpc) is 2.48. The van der Waals surface area contributed by atoms with Crippen LogP contribution < -0.4 is 10.2 Å². The molecule has 1 N–H and O–H groups in total. The minimum absolute atomic E-state index is 0.108. The Morgan fingerprint density at radius 2 is 2.00 bits per heavy atom. The number of hydrogen-bond donors (Lipinski definition) is 1. The van der Waals surface area contributed by atoms with E-state index in [1.54, 1.807) is 26.1 Å². The maximum Gasteiger partial charge on any atom is 0.411 e. The Morgan fingerprint density at radius 1 is 1.29 bits per heavy atom. The maximum atomic E-state index is 11.3. The summed E-state index contributed by atoms with van der Waals surface area (Å²) >= 11 is 0. The van der Waals surface area contributed by atoms with Gasteiger partial charge in [0.1, 0.15) is 5.82 Å². The lowest BCUT2D eigenvalue weighted by atomic mass is 10.3. The number of hydrogen-bond acceptors (Lipinski definition) is 5. The molecule has 114 valence electrons. The van der Waals surface area contributed by atoms with Crippen LogP contribution in [0, 0.1) is 0 Å². The number of ether oxygens (including phenoxy) is 1. The van der Waals surface area contributed by atoms with Crippen molar-refractivity contribution in [2.45, 2.75) is 13.8 Å². The van der Waals surface area contributed by atoms with Crippen LogP contribution in [0.2, 0.25) is 0 Å². The van der Waals surface area contributed by atoms with Gasteiger partial charge < -0.3 is 14.5 Å². The van der Waals surface area contributed by atoms with Crippen molar-refractivity contribution in [2.75, 3.05) is 43.0 Å². The highest BCUT2D eigenvalue weighted by Gasteiger charge is 2.19. The molecule has 7 nitrogen and oxygen atoms in total. The van der Waals surface area contributed by atoms with Crippen molar-refractivity contribution in [1.29, 1.82) is 0 Å². The number of nitrogens with zero attached hydrogens (tertiary/aromatic N) is 3. The minimum Gasteiger partial charge on any atom is -0.450 e. The van der Waals surface area contributed by atoms with Gasteiger partial charge in [0.15, 0.2) is 0 Å². The zero-order chi connectivity index (χ0) is 15.2. The summed E-state index contributed by atoms with van der Waals surface area (Å²) in [6.45, 7) is 6.61. The van der Waals surface area contributed by atoms with Gasteiger partial charge in [-0.1, -0.05) is 0 Å². The van der Waals surface area contributed by atoms with Crippen molar-refractivity contribution < 1.29 is 14.3 Å². The van der Waals surface area contributed by atoms with Gasteiger partial charge in [-0.2, -0.15) is 0 Å². The third-order valence-corrected chi connectivity index (χ3v) is 3.32. The van der Waals surface area contributed by atoms with E-state index in [9.17, 15) is 9.59 Å². The van der Waals surface area contributed by atoms with Gasteiger partial charge in [0.05, 0.1) is 18.5 Å². The van der Waals surface area contributed by atoms with Crippen LogP contribution in [0.25, 0.3) is 0 Å². The molecule has 0 unspecified atom stereocenters. The van der Waals surface area contributed by atoms with Crippen LogP contribution in [-0.4, -0.2) is 54.7 Å². The van der Waals surface area contributed by atoms with Gasteiger partial charge in [-0.3, -0.25) is 10.1 Å². The van der Waals surface area contributed by atoms with E-state index in [2.05, 4.69) is 15.2 Å². The van der Waals surface area contributed by atoms with E-state index in [1.807, 2.05) is 11.0 Å². The Hall–Kier alpha value is -2.31. The molecule has 1 aromatic rings. The molecule has 1 saturated heterocycles. The SMILES string of the molecule is CCOC(=O)Nc1ccc(N2CCN(C(C)=O)CC2)nc1. The van der Waals surface area contributed by atoms with Crippen LogP contribution in [0.3, 0.4) is 0 Å². The Balaban J connectivity index is 1.91. The topological polar surface area (TPSA) is 74.8 Å². The Morgan fingerprint density at radius 3 is 2.52 bits per heavy atom. The third kappa shape index (κ3) is 4.08. The average molecular weight is 292 g/mol. The van der Waals surface area contributed by atoms with Gasteiger partial charge in [-0.25, -0.2) is 9.78 Å². The molecule has 21 heavy (non-hydrogen) atoms. The first-order valence-electron chi connectivity index (χ1n) is 7.00. The normalized spacial score (nSPS) is 14.8. The molecule has 1 fully saturated rings. The van der Waals surface area contributed by atoms with E-state index >= 15 is 0 Å². The third-order valence-electron chi connectivity index (χ3n) is 3.32. The predicted octanol–water partition coefficient (Wildman–Crippen LogP) is 1.32. The summed E-state index contributed by atoms with van der Waals surface area (Å²) in [6.07, 6.45) is 1.12. The number of carbonyl (C=O) groups is 2. The number of aromatic nitrogens is 1. The summed E-state index contributed by atoms with van der Waals surface area (Å²) in [5.41, 5.74) is 0.597. The minimum atomic E-state index is -0.484. The highest BCUT2D eigenvalue weighted by molar-refractivity contribution is 5.84. The molecule has 0 atom stereocenters. The molecule has 0 radical (unpaired) electrons. The molecule has 2 amide bonds. The van der Waals surface area contributed by atoms with Crippen LogP contribution in [0.1, 0.15) is 13.8 Å². The fourth-order valence-corrected chi connectivity index (χ4v) is 2.18. The standard InChI is InChI=1S/C14H20N4O3/c1-3-21-14(20)16-12-4-5-13(15-10-12)18-8-6-17(7-9-18)11(2)19/h4-5,10H,3,6-9H2,1-2H3,(H,16,20). The van der Waals surface area contributed by atoms with Crippen molar-refractivity contribution >= 4 is 23.5 Å². The quantitative estimate of drug-likeness (QED) is 0.909. The van der Waals surface area contributed by atoms with Gasteiger partial charge in [0.25, 0.3) is 0 Å². The second kappa shape index (κ2) is 6.92. The van der Waals surface area contributed by atoms with Crippen LogP contribution in [-0.2, 0) is 9.53 Å². The lowest BCUT2D eigenvalue weighted by Crippen LogP contribution is -2.48. The molecular weight excluding hydrogens is 272 g/mol. The number of piperazine rings is 1. The molecule has 0 aliphatic carbocycles. The number of amides is 2. The Bertz CT molecular complexity index is 495. The van der Waals surface area contributed by atoms with Crippen molar-refractivity contribution in [3.8, 4) is 0 Å². The van der Waals surface area contributed by atoms with Crippen molar-refractivity contribution in [1.82, 2.24) is 9.88 Å². The zero-order valence-electron chi connectivity index (χ0n) is 12.3. The largest absolute Gasteiger partial charge is 0.450 e. The van der Waals surface area contributed by atoms with E-state index in [4.69, 9.17) is 4.74 Å². The number of carbonyl (C=O) groups excluding carboxylic acids is 2. The van der Waals surface area contributed by atoms with Gasteiger partial charge >= 0.3 is 6.09 Å². The predicted molar refractivity (Wildman–Crippen MR) is 79.3 cm³/mol. The highest BCUT2D eigenvalue weighted by Crippen LogP contribution is 2.16. The molecule has 1 aromatic heterocycles. The summed E-state index contributed by atoms with van der Waals surface area (Å²) in [4.78, 5) is 30.9. The van der Waals surface area contributed by atoms with E-state index in [1.165, 1.54) is 0 Å². The first kappa shape index (κ1) is 15.1. The number of nitrogens with one attached hydrogen (secondary N) is 1. The van der Waals surface area contributed by atoms with E-state index in [0.29, 0.717) is 25.4 Å². The van der Waals surface area contributed by atoms with E-state index in [0.717, 1.165) is 18.9 Å². The van der Waals surface area contributed by atoms with Gasteiger partial charge in [0, 0.05) is 33.1 Å². The van der Waals surface area contributed by atoms with Crippen molar-refractivity contribution in [3.05, 3.63) is 18.3 Å². The van der Waals surface area contributed by atoms with E-state index < -0.39 is 6.09 Å². The van der Waals surface area contributed by atoms with Gasteiger partial charge in [-0.05, 0) is 19.1 Å². The molecule has 0 spiro atoms. The summed E-state index contributed by atoms with van der Waals surface area (Å²) in [5.74, 6) is 0.948. The molecule has 2 heterocycles. The molecule has 1 aliphatic rings. The Labute approximate surface area is 123 Å². The molecule has 0 aromatic carbocycles. The van der Waals surface area contributed by atoms with Gasteiger partial charge in [0.2, 0.25) is 5.91 Å². The molecule has 0 bridgehead atoms. The monoisotopic (exact) mass is 292 g/mol. The van der Waals surface area contributed by atoms with Crippen LogP contribution in [0.5, 0.6) is 0 Å². The first-order chi connectivity index (χ1) is 10.1. The van der Waals surface area contributed by atoms with Crippen LogP contribution in [0.15, 0.2) is 18.3 Å². The van der Waals surface area contributed by atoms with Gasteiger partial charge in [-0.15, -0.1) is 0 Å². The molecule has 1 aliphatic heterocycles. The van der Waals surface area contributed by atoms with E-state index in [-0.39, 0.29) is 5.91 Å². The maximum absolute atomic E-state index is 11.3. The smallest absolute Gasteiger partial charge is 0.411 e. The second-order valence-corrected chi connectivity index (χ2v) is 4.74. The fraction of sp³-hybridized carbons (Fsp3) is 0.500.